The Morgan fingerprint density at radius 2 is 2.42 bits per heavy atom. The van der Waals surface area contributed by atoms with Crippen molar-refractivity contribution in [2.75, 3.05) is 18.6 Å². The van der Waals surface area contributed by atoms with Gasteiger partial charge in [-0.05, 0) is 0 Å². The van der Waals surface area contributed by atoms with E-state index in [4.69, 9.17) is 0 Å². The lowest BCUT2D eigenvalue weighted by molar-refractivity contribution is -0.146. The second-order valence-corrected chi connectivity index (χ2v) is 3.94. The number of hydrogen-bond acceptors (Lipinski definition) is 4. The lowest BCUT2D eigenvalue weighted by atomic mass is 10.0. The van der Waals surface area contributed by atoms with Crippen LogP contribution in [0.25, 0.3) is 0 Å². The van der Waals surface area contributed by atoms with Crippen LogP contribution in [0.4, 0.5) is 0 Å². The number of methoxy groups -OCH3 is 1. The van der Waals surface area contributed by atoms with Gasteiger partial charge in [-0.15, -0.1) is 0 Å². The van der Waals surface area contributed by atoms with Gasteiger partial charge in [0.2, 0.25) is 0 Å². The molecule has 0 saturated carbocycles. The molecule has 3 nitrogen and oxygen atoms in total. The topological polar surface area (TPSA) is 43.4 Å². The summed E-state index contributed by atoms with van der Waals surface area (Å²) in [5.41, 5.74) is 0. The van der Waals surface area contributed by atoms with Crippen LogP contribution in [0.2, 0.25) is 0 Å². The first kappa shape index (κ1) is 9.58. The average Bonchev–Trinajstić information content (AvgIpc) is 2.28. The predicted molar refractivity (Wildman–Crippen MR) is 47.1 cm³/mol. The van der Waals surface area contributed by atoms with E-state index in [1.165, 1.54) is 7.11 Å². The Labute approximate surface area is 75.8 Å². The third kappa shape index (κ3) is 2.52. The van der Waals surface area contributed by atoms with Crippen LogP contribution < -0.4 is 0 Å². The Kier molecular flexibility index (Phi) is 3.59. The molecule has 1 rings (SSSR count). The highest BCUT2D eigenvalue weighted by molar-refractivity contribution is 7.99. The molecule has 1 atom stereocenters. The molecule has 1 heterocycles. The second kappa shape index (κ2) is 4.50. The van der Waals surface area contributed by atoms with Crippen LogP contribution >= 0.6 is 11.8 Å². The fourth-order valence-corrected chi connectivity index (χ4v) is 2.24. The van der Waals surface area contributed by atoms with E-state index in [1.807, 2.05) is 0 Å². The van der Waals surface area contributed by atoms with E-state index < -0.39 is 0 Å². The van der Waals surface area contributed by atoms with Crippen molar-refractivity contribution in [1.82, 2.24) is 0 Å². The zero-order valence-electron chi connectivity index (χ0n) is 7.04. The van der Waals surface area contributed by atoms with Gasteiger partial charge in [0.25, 0.3) is 0 Å². The minimum absolute atomic E-state index is 0.176. The van der Waals surface area contributed by atoms with Gasteiger partial charge in [-0.2, -0.15) is 11.8 Å². The minimum atomic E-state index is -0.252. The largest absolute Gasteiger partial charge is 0.469 e. The van der Waals surface area contributed by atoms with Gasteiger partial charge in [0, 0.05) is 24.3 Å². The summed E-state index contributed by atoms with van der Waals surface area (Å²) in [4.78, 5) is 22.2. The third-order valence-corrected chi connectivity index (χ3v) is 2.98. The number of esters is 1. The first-order valence-electron chi connectivity index (χ1n) is 3.91. The lowest BCUT2D eigenvalue weighted by Crippen LogP contribution is -2.20. The highest BCUT2D eigenvalue weighted by Gasteiger charge is 2.24. The van der Waals surface area contributed by atoms with Gasteiger partial charge >= 0.3 is 5.97 Å². The zero-order chi connectivity index (χ0) is 8.97. The van der Waals surface area contributed by atoms with Crippen molar-refractivity contribution in [2.24, 2.45) is 5.92 Å². The second-order valence-electron chi connectivity index (χ2n) is 2.79. The minimum Gasteiger partial charge on any atom is -0.469 e. The van der Waals surface area contributed by atoms with Gasteiger partial charge in [0.15, 0.2) is 0 Å². The summed E-state index contributed by atoms with van der Waals surface area (Å²) in [5, 5.41) is 0. The van der Waals surface area contributed by atoms with Crippen LogP contribution in [-0.2, 0) is 14.3 Å². The summed E-state index contributed by atoms with van der Waals surface area (Å²) >= 11 is 1.65. The summed E-state index contributed by atoms with van der Waals surface area (Å²) in [7, 11) is 1.36. The number of thioether (sulfide) groups is 1. The molecule has 0 amide bonds. The summed E-state index contributed by atoms with van der Waals surface area (Å²) < 4.78 is 4.59. The Balaban J connectivity index is 2.51. The summed E-state index contributed by atoms with van der Waals surface area (Å²) in [6.45, 7) is 0. The number of hydrogen-bond donors (Lipinski definition) is 0. The van der Waals surface area contributed by atoms with Crippen LogP contribution in [0.5, 0.6) is 0 Å². The van der Waals surface area contributed by atoms with Crippen LogP contribution in [0.3, 0.4) is 0 Å². The van der Waals surface area contributed by atoms with Crippen molar-refractivity contribution in [2.45, 2.75) is 12.8 Å². The van der Waals surface area contributed by atoms with E-state index in [-0.39, 0.29) is 17.7 Å². The van der Waals surface area contributed by atoms with Crippen molar-refractivity contribution in [1.29, 1.82) is 0 Å². The Morgan fingerprint density at radius 1 is 1.67 bits per heavy atom. The number of ether oxygens (including phenoxy) is 1. The van der Waals surface area contributed by atoms with Crippen molar-refractivity contribution in [3.8, 4) is 0 Å². The SMILES string of the molecule is COC(=O)C1CSCCC(=O)C1. The van der Waals surface area contributed by atoms with Gasteiger partial charge in [-0.25, -0.2) is 0 Å². The molecule has 0 spiro atoms. The average molecular weight is 188 g/mol. The fraction of sp³-hybridized carbons (Fsp3) is 0.750. The van der Waals surface area contributed by atoms with E-state index in [0.717, 1.165) is 11.5 Å². The molecule has 1 saturated heterocycles. The molecule has 1 aliphatic heterocycles. The highest BCUT2D eigenvalue weighted by Crippen LogP contribution is 2.20. The van der Waals surface area contributed by atoms with E-state index in [1.54, 1.807) is 11.8 Å². The maximum absolute atomic E-state index is 11.1. The monoisotopic (exact) mass is 188 g/mol. The number of carbonyl (C=O) groups is 2. The number of ketones is 1. The molecule has 0 radical (unpaired) electrons. The smallest absolute Gasteiger partial charge is 0.309 e. The number of carbonyl (C=O) groups excluding carboxylic acids is 2. The van der Waals surface area contributed by atoms with Gasteiger partial charge in [-0.1, -0.05) is 0 Å². The molecule has 0 aliphatic carbocycles. The Hall–Kier alpha value is -0.510. The molecule has 0 aromatic rings. The van der Waals surface area contributed by atoms with E-state index in [0.29, 0.717) is 12.8 Å². The molecule has 68 valence electrons. The fourth-order valence-electron chi connectivity index (χ4n) is 1.17. The molecule has 0 bridgehead atoms. The molecular formula is C8H12O3S. The lowest BCUT2D eigenvalue weighted by Gasteiger charge is -2.08. The van der Waals surface area contributed by atoms with Crippen molar-refractivity contribution in [3.63, 3.8) is 0 Å². The van der Waals surface area contributed by atoms with Gasteiger partial charge in [-0.3, -0.25) is 9.59 Å². The molecule has 4 heteroatoms. The number of rotatable bonds is 1. The van der Waals surface area contributed by atoms with Crippen LogP contribution in [0, 0.1) is 5.92 Å². The third-order valence-electron chi connectivity index (χ3n) is 1.85. The molecule has 1 aliphatic rings. The van der Waals surface area contributed by atoms with Gasteiger partial charge in [0.05, 0.1) is 13.0 Å². The zero-order valence-corrected chi connectivity index (χ0v) is 7.86. The number of Topliss-reactive ketones (excluding diaryl/α,β-unsaturated/α-hetero) is 1. The van der Waals surface area contributed by atoms with Crippen LogP contribution in [0.15, 0.2) is 0 Å². The van der Waals surface area contributed by atoms with Crippen molar-refractivity contribution >= 4 is 23.5 Å². The quantitative estimate of drug-likeness (QED) is 0.573. The molecule has 0 aromatic heterocycles. The normalized spacial score (nSPS) is 24.8. The molecule has 0 aromatic carbocycles. The first-order valence-corrected chi connectivity index (χ1v) is 5.06. The van der Waals surface area contributed by atoms with Crippen LogP contribution in [-0.4, -0.2) is 30.4 Å². The van der Waals surface area contributed by atoms with Gasteiger partial charge in [0.1, 0.15) is 5.78 Å². The van der Waals surface area contributed by atoms with Crippen LogP contribution in [0.1, 0.15) is 12.8 Å². The Morgan fingerprint density at radius 3 is 3.08 bits per heavy atom. The maximum Gasteiger partial charge on any atom is 0.309 e. The predicted octanol–water partition coefficient (Wildman–Crippen LogP) is 0.872. The molecule has 1 fully saturated rings. The van der Waals surface area contributed by atoms with Crippen molar-refractivity contribution in [3.05, 3.63) is 0 Å². The van der Waals surface area contributed by atoms with Crippen molar-refractivity contribution < 1.29 is 14.3 Å². The Bertz CT molecular complexity index is 191. The van der Waals surface area contributed by atoms with Gasteiger partial charge < -0.3 is 4.74 Å². The van der Waals surface area contributed by atoms with E-state index in [9.17, 15) is 9.59 Å². The molecular weight excluding hydrogens is 176 g/mol. The highest BCUT2D eigenvalue weighted by atomic mass is 32.2. The molecule has 0 N–H and O–H groups in total. The summed E-state index contributed by atoms with van der Waals surface area (Å²) in [6, 6.07) is 0. The summed E-state index contributed by atoms with van der Waals surface area (Å²) in [6.07, 6.45) is 0.956. The maximum atomic E-state index is 11.1. The molecule has 1 unspecified atom stereocenters. The standard InChI is InChI=1S/C8H12O3S/c1-11-8(10)6-4-7(9)2-3-12-5-6/h6H,2-5H2,1H3. The summed E-state index contributed by atoms with van der Waals surface area (Å²) in [5.74, 6) is 1.27. The molecule has 12 heavy (non-hydrogen) atoms. The van der Waals surface area contributed by atoms with E-state index in [2.05, 4.69) is 4.74 Å². The van der Waals surface area contributed by atoms with E-state index >= 15 is 0 Å². The first-order chi connectivity index (χ1) is 5.74.